The lowest BCUT2D eigenvalue weighted by molar-refractivity contribution is -0.117. The highest BCUT2D eigenvalue weighted by molar-refractivity contribution is 7.09. The molecule has 30 heavy (non-hydrogen) atoms. The van der Waals surface area contributed by atoms with Crippen LogP contribution in [0.5, 0.6) is 11.5 Å². The third-order valence-electron chi connectivity index (χ3n) is 5.17. The van der Waals surface area contributed by atoms with Crippen LogP contribution in [0.25, 0.3) is 11.5 Å². The number of rotatable bonds is 6. The van der Waals surface area contributed by atoms with Gasteiger partial charge in [0.15, 0.2) is 17.3 Å². The summed E-state index contributed by atoms with van der Waals surface area (Å²) in [5, 5.41) is 6.05. The topological polar surface area (TPSA) is 80.1 Å². The molecular formula is C21H22N4O4S. The van der Waals surface area contributed by atoms with Gasteiger partial charge in [0.25, 0.3) is 0 Å². The number of anilines is 1. The maximum Gasteiger partial charge on any atom is 0.238 e. The van der Waals surface area contributed by atoms with Gasteiger partial charge < -0.3 is 19.2 Å². The Hall–Kier alpha value is -2.88. The third-order valence-corrected chi connectivity index (χ3v) is 6.01. The number of piperazine rings is 1. The maximum absolute atomic E-state index is 12.4. The van der Waals surface area contributed by atoms with Crippen LogP contribution in [-0.4, -0.2) is 60.2 Å². The molecule has 1 amide bonds. The number of fused-ring (bicyclic) bond motifs is 1. The average Bonchev–Trinajstić information content (AvgIpc) is 3.50. The number of thiazole rings is 1. The second kappa shape index (κ2) is 8.47. The average molecular weight is 426 g/mol. The predicted octanol–water partition coefficient (Wildman–Crippen LogP) is 2.89. The molecule has 0 bridgehead atoms. The summed E-state index contributed by atoms with van der Waals surface area (Å²) in [4.78, 5) is 21.6. The Bertz CT molecular complexity index is 1010. The molecule has 5 rings (SSSR count). The van der Waals surface area contributed by atoms with E-state index >= 15 is 0 Å². The minimum Gasteiger partial charge on any atom is -0.463 e. The van der Waals surface area contributed by atoms with Crippen LogP contribution in [0.3, 0.4) is 0 Å². The number of ether oxygens (including phenoxy) is 2. The fourth-order valence-corrected chi connectivity index (χ4v) is 4.42. The summed E-state index contributed by atoms with van der Waals surface area (Å²) in [5.41, 5.74) is 1.61. The number of carbonyl (C=O) groups is 1. The Morgan fingerprint density at radius 3 is 2.77 bits per heavy atom. The number of benzene rings is 1. The first-order valence-corrected chi connectivity index (χ1v) is 10.7. The molecule has 1 saturated heterocycles. The summed E-state index contributed by atoms with van der Waals surface area (Å²) in [6.07, 6.45) is 1.66. The van der Waals surface area contributed by atoms with E-state index < -0.39 is 0 Å². The molecular weight excluding hydrogens is 404 g/mol. The molecule has 8 nitrogen and oxygen atoms in total. The van der Waals surface area contributed by atoms with Gasteiger partial charge in [-0.15, -0.1) is 11.3 Å². The van der Waals surface area contributed by atoms with E-state index in [4.69, 9.17) is 13.9 Å². The van der Waals surface area contributed by atoms with Gasteiger partial charge in [0.2, 0.25) is 12.7 Å². The molecule has 1 aromatic carbocycles. The van der Waals surface area contributed by atoms with E-state index in [-0.39, 0.29) is 12.7 Å². The number of furan rings is 1. The van der Waals surface area contributed by atoms with Crippen molar-refractivity contribution in [3.05, 3.63) is 47.0 Å². The summed E-state index contributed by atoms with van der Waals surface area (Å²) >= 11 is 1.65. The Morgan fingerprint density at radius 2 is 1.93 bits per heavy atom. The first-order valence-electron chi connectivity index (χ1n) is 9.85. The molecule has 1 fully saturated rings. The van der Waals surface area contributed by atoms with Gasteiger partial charge in [0.05, 0.1) is 19.4 Å². The van der Waals surface area contributed by atoms with Gasteiger partial charge in [-0.1, -0.05) is 0 Å². The van der Waals surface area contributed by atoms with E-state index in [1.165, 1.54) is 0 Å². The zero-order chi connectivity index (χ0) is 20.3. The van der Waals surface area contributed by atoms with E-state index in [1.807, 2.05) is 29.6 Å². The number of carbonyl (C=O) groups excluding carboxylic acids is 1. The van der Waals surface area contributed by atoms with Crippen LogP contribution in [-0.2, 0) is 11.3 Å². The van der Waals surface area contributed by atoms with E-state index in [1.54, 1.807) is 23.7 Å². The molecule has 9 heteroatoms. The van der Waals surface area contributed by atoms with Crippen molar-refractivity contribution in [1.82, 2.24) is 14.8 Å². The Morgan fingerprint density at radius 1 is 1.10 bits per heavy atom. The van der Waals surface area contributed by atoms with Crippen molar-refractivity contribution in [3.63, 3.8) is 0 Å². The molecule has 1 N–H and O–H groups in total. The fourth-order valence-electron chi connectivity index (χ4n) is 3.60. The maximum atomic E-state index is 12.4. The summed E-state index contributed by atoms with van der Waals surface area (Å²) in [7, 11) is 0. The Balaban J connectivity index is 1.08. The van der Waals surface area contributed by atoms with E-state index in [2.05, 4.69) is 20.1 Å². The lowest BCUT2D eigenvalue weighted by atomic mass is 10.2. The first kappa shape index (κ1) is 19.1. The van der Waals surface area contributed by atoms with E-state index in [9.17, 15) is 4.79 Å². The van der Waals surface area contributed by atoms with Crippen molar-refractivity contribution in [2.24, 2.45) is 0 Å². The normalized spacial score (nSPS) is 16.7. The zero-order valence-electron chi connectivity index (χ0n) is 16.4. The van der Waals surface area contributed by atoms with Gasteiger partial charge in [0.1, 0.15) is 10.7 Å². The van der Waals surface area contributed by atoms with Crippen LogP contribution in [0, 0.1) is 0 Å². The van der Waals surface area contributed by atoms with Gasteiger partial charge in [-0.2, -0.15) is 0 Å². The minimum absolute atomic E-state index is 0.0228. The summed E-state index contributed by atoms with van der Waals surface area (Å²) in [6.45, 7) is 4.95. The first-order chi connectivity index (χ1) is 14.7. The van der Waals surface area contributed by atoms with Crippen LogP contribution in [0.2, 0.25) is 0 Å². The molecule has 3 aromatic rings. The van der Waals surface area contributed by atoms with Crippen LogP contribution in [0.15, 0.2) is 46.4 Å². The lowest BCUT2D eigenvalue weighted by Gasteiger charge is -2.33. The lowest BCUT2D eigenvalue weighted by Crippen LogP contribution is -2.48. The highest BCUT2D eigenvalue weighted by Crippen LogP contribution is 2.34. The van der Waals surface area contributed by atoms with Gasteiger partial charge in [-0.25, -0.2) is 4.98 Å². The smallest absolute Gasteiger partial charge is 0.238 e. The molecule has 0 unspecified atom stereocenters. The Kier molecular flexibility index (Phi) is 5.39. The van der Waals surface area contributed by atoms with Crippen LogP contribution < -0.4 is 14.8 Å². The van der Waals surface area contributed by atoms with E-state index in [0.717, 1.165) is 54.9 Å². The molecule has 2 aromatic heterocycles. The standard InChI is InChI=1S/C21H22N4O4S/c26-20(22-15-3-4-18-19(10-15)29-14-28-18)11-24-5-7-25(8-6-24)12-21-23-16(13-30-21)17-2-1-9-27-17/h1-4,9-10,13H,5-8,11-12,14H2,(H,22,26). The SMILES string of the molecule is O=C(CN1CCN(Cc2nc(-c3ccco3)cs2)CC1)Nc1ccc2c(c1)OCO2. The van der Waals surface area contributed by atoms with Crippen molar-refractivity contribution in [1.29, 1.82) is 0 Å². The largest absolute Gasteiger partial charge is 0.463 e. The fraction of sp³-hybridized carbons (Fsp3) is 0.333. The number of hydrogen-bond acceptors (Lipinski definition) is 8. The van der Waals surface area contributed by atoms with Crippen molar-refractivity contribution in [3.8, 4) is 23.0 Å². The molecule has 156 valence electrons. The molecule has 0 spiro atoms. The van der Waals surface area contributed by atoms with Crippen molar-refractivity contribution in [2.75, 3.05) is 44.8 Å². The summed E-state index contributed by atoms with van der Waals surface area (Å²) < 4.78 is 16.1. The van der Waals surface area contributed by atoms with Gasteiger partial charge in [0, 0.05) is 43.3 Å². The van der Waals surface area contributed by atoms with Crippen LogP contribution in [0.1, 0.15) is 5.01 Å². The second-order valence-electron chi connectivity index (χ2n) is 7.27. The highest BCUT2D eigenvalue weighted by atomic mass is 32.1. The highest BCUT2D eigenvalue weighted by Gasteiger charge is 2.21. The number of hydrogen-bond donors (Lipinski definition) is 1. The number of nitrogens with one attached hydrogen (secondary N) is 1. The van der Waals surface area contributed by atoms with Crippen molar-refractivity contribution < 1.29 is 18.7 Å². The van der Waals surface area contributed by atoms with Gasteiger partial charge in [-0.3, -0.25) is 14.6 Å². The van der Waals surface area contributed by atoms with E-state index in [0.29, 0.717) is 18.0 Å². The third kappa shape index (κ3) is 4.33. The molecule has 4 heterocycles. The molecule has 0 atom stereocenters. The monoisotopic (exact) mass is 426 g/mol. The summed E-state index contributed by atoms with van der Waals surface area (Å²) in [6, 6.07) is 9.23. The molecule has 0 aliphatic carbocycles. The molecule has 0 radical (unpaired) electrons. The van der Waals surface area contributed by atoms with Gasteiger partial charge in [-0.05, 0) is 24.3 Å². The summed E-state index contributed by atoms with van der Waals surface area (Å²) in [5.74, 6) is 2.15. The zero-order valence-corrected chi connectivity index (χ0v) is 17.2. The minimum atomic E-state index is -0.0228. The number of amides is 1. The van der Waals surface area contributed by atoms with Crippen molar-refractivity contribution >= 4 is 22.9 Å². The van der Waals surface area contributed by atoms with Gasteiger partial charge >= 0.3 is 0 Å². The number of aromatic nitrogens is 1. The Labute approximate surface area is 178 Å². The molecule has 2 aliphatic heterocycles. The quantitative estimate of drug-likeness (QED) is 0.649. The van der Waals surface area contributed by atoms with Crippen molar-refractivity contribution in [2.45, 2.75) is 6.54 Å². The molecule has 2 aliphatic rings. The van der Waals surface area contributed by atoms with Crippen LogP contribution in [0.4, 0.5) is 5.69 Å². The molecule has 0 saturated carbocycles. The van der Waals surface area contributed by atoms with Crippen LogP contribution >= 0.6 is 11.3 Å². The second-order valence-corrected chi connectivity index (χ2v) is 8.21. The predicted molar refractivity (Wildman–Crippen MR) is 113 cm³/mol. The number of nitrogens with zero attached hydrogens (tertiary/aromatic N) is 3.